The molecule has 284 valence electrons. The maximum atomic E-state index is 14.6. The monoisotopic (exact) mass is 746 g/mol. The third-order valence-electron chi connectivity index (χ3n) is 11.1. The van der Waals surface area contributed by atoms with E-state index in [4.69, 9.17) is 0 Å². The number of carbonyl (C=O) groups excluding carboxylic acids is 2. The summed E-state index contributed by atoms with van der Waals surface area (Å²) in [6, 6.07) is 25.4. The third kappa shape index (κ3) is 6.39. The minimum absolute atomic E-state index is 0.122. The lowest BCUT2D eigenvalue weighted by atomic mass is 9.84. The van der Waals surface area contributed by atoms with Gasteiger partial charge in [-0.05, 0) is 115 Å². The molecule has 8 heteroatoms. The van der Waals surface area contributed by atoms with Crippen LogP contribution in [0.3, 0.4) is 0 Å². The summed E-state index contributed by atoms with van der Waals surface area (Å²) in [5.41, 5.74) is 6.05. The Bertz CT molecular complexity index is 2580. The largest absolute Gasteiger partial charge is 0.478 e. The van der Waals surface area contributed by atoms with E-state index in [1.807, 2.05) is 24.3 Å². The van der Waals surface area contributed by atoms with Gasteiger partial charge >= 0.3 is 11.9 Å². The molecule has 7 aromatic rings. The van der Waals surface area contributed by atoms with E-state index in [9.17, 15) is 29.4 Å². The molecule has 0 saturated heterocycles. The van der Waals surface area contributed by atoms with Gasteiger partial charge in [-0.1, -0.05) is 104 Å². The lowest BCUT2D eigenvalue weighted by Gasteiger charge is -2.21. The highest BCUT2D eigenvalue weighted by atomic mass is 16.4. The predicted molar refractivity (Wildman–Crippen MR) is 227 cm³/mol. The molecule has 7 aromatic carbocycles. The normalized spacial score (nSPS) is 11.9. The SMILES string of the molecule is CC(C)c1ccc(NC(=O)c2ccc3c4ccc(C(=O)O)c5c(C(=O)O)ccc(c6ccc(C(=O)Nc7ccc(C(C)C)cc7C(C)C)c2c36)c54)c(C(C)C)c1. The summed E-state index contributed by atoms with van der Waals surface area (Å²) in [7, 11) is 0. The van der Waals surface area contributed by atoms with Gasteiger partial charge in [0.25, 0.3) is 11.8 Å². The number of benzene rings is 7. The number of aromatic carboxylic acids is 2. The minimum Gasteiger partial charge on any atom is -0.478 e. The van der Waals surface area contributed by atoms with Crippen LogP contribution in [0, 0.1) is 0 Å². The fourth-order valence-electron chi connectivity index (χ4n) is 8.07. The minimum atomic E-state index is -1.24. The Kier molecular flexibility index (Phi) is 9.79. The van der Waals surface area contributed by atoms with Crippen LogP contribution in [0.15, 0.2) is 84.9 Å². The van der Waals surface area contributed by atoms with Crippen LogP contribution in [0.2, 0.25) is 0 Å². The number of hydrogen-bond donors (Lipinski definition) is 4. The Labute approximate surface area is 325 Å². The van der Waals surface area contributed by atoms with Crippen LogP contribution in [0.5, 0.6) is 0 Å². The average molecular weight is 747 g/mol. The second kappa shape index (κ2) is 14.4. The van der Waals surface area contributed by atoms with Crippen molar-refractivity contribution in [2.24, 2.45) is 0 Å². The molecule has 0 aliphatic heterocycles. The van der Waals surface area contributed by atoms with Gasteiger partial charge in [0, 0.05) is 33.3 Å². The summed E-state index contributed by atoms with van der Waals surface area (Å²) in [5.74, 6) is -2.38. The van der Waals surface area contributed by atoms with Gasteiger partial charge in [0.15, 0.2) is 0 Å². The third-order valence-corrected chi connectivity index (χ3v) is 11.1. The molecule has 0 aliphatic carbocycles. The van der Waals surface area contributed by atoms with Crippen LogP contribution in [-0.2, 0) is 0 Å². The van der Waals surface area contributed by atoms with E-state index in [1.165, 1.54) is 23.3 Å². The maximum absolute atomic E-state index is 14.6. The zero-order valence-corrected chi connectivity index (χ0v) is 32.9. The molecule has 0 fully saturated rings. The first kappa shape index (κ1) is 38.0. The van der Waals surface area contributed by atoms with Gasteiger partial charge in [0.1, 0.15) is 0 Å². The van der Waals surface area contributed by atoms with Crippen LogP contribution in [-0.4, -0.2) is 34.0 Å². The number of nitrogens with one attached hydrogen (secondary N) is 2. The van der Waals surface area contributed by atoms with Crippen molar-refractivity contribution in [1.29, 1.82) is 0 Å². The molecule has 0 heterocycles. The molecular formula is C48H46N2O6. The second-order valence-electron chi connectivity index (χ2n) is 16.0. The molecule has 0 aliphatic rings. The number of hydrogen-bond acceptors (Lipinski definition) is 4. The van der Waals surface area contributed by atoms with Crippen LogP contribution in [0.1, 0.15) is 143 Å². The first-order chi connectivity index (χ1) is 26.6. The van der Waals surface area contributed by atoms with E-state index in [1.54, 1.807) is 36.4 Å². The van der Waals surface area contributed by atoms with E-state index in [-0.39, 0.29) is 40.2 Å². The first-order valence-corrected chi connectivity index (χ1v) is 19.2. The Morgan fingerprint density at radius 1 is 0.411 bits per heavy atom. The molecular weight excluding hydrogens is 701 g/mol. The van der Waals surface area contributed by atoms with Crippen molar-refractivity contribution in [3.05, 3.63) is 129 Å². The Morgan fingerprint density at radius 3 is 1.04 bits per heavy atom. The zero-order valence-electron chi connectivity index (χ0n) is 32.9. The van der Waals surface area contributed by atoms with Crippen molar-refractivity contribution < 1.29 is 29.4 Å². The molecule has 7 rings (SSSR count). The number of carboxylic acid groups (broad SMARTS) is 2. The van der Waals surface area contributed by atoms with Gasteiger partial charge in [-0.2, -0.15) is 0 Å². The fraction of sp³-hybridized carbons (Fsp3) is 0.250. The van der Waals surface area contributed by atoms with Crippen molar-refractivity contribution in [3.63, 3.8) is 0 Å². The highest BCUT2D eigenvalue weighted by Gasteiger charge is 2.27. The van der Waals surface area contributed by atoms with Gasteiger partial charge < -0.3 is 20.8 Å². The molecule has 0 saturated carbocycles. The summed E-state index contributed by atoms with van der Waals surface area (Å²) in [6.07, 6.45) is 0. The molecule has 0 spiro atoms. The maximum Gasteiger partial charge on any atom is 0.336 e. The van der Waals surface area contributed by atoms with E-state index in [0.29, 0.717) is 72.0 Å². The van der Waals surface area contributed by atoms with Crippen molar-refractivity contribution in [1.82, 2.24) is 0 Å². The molecule has 0 bridgehead atoms. The van der Waals surface area contributed by atoms with Gasteiger partial charge in [-0.3, -0.25) is 9.59 Å². The number of anilines is 2. The summed E-state index contributed by atoms with van der Waals surface area (Å²) in [6.45, 7) is 16.9. The van der Waals surface area contributed by atoms with Gasteiger partial charge in [0.05, 0.1) is 11.1 Å². The van der Waals surface area contributed by atoms with Crippen LogP contribution < -0.4 is 10.6 Å². The van der Waals surface area contributed by atoms with E-state index >= 15 is 0 Å². The molecule has 0 atom stereocenters. The number of rotatable bonds is 10. The Balaban J connectivity index is 1.51. The fourth-order valence-corrected chi connectivity index (χ4v) is 8.07. The van der Waals surface area contributed by atoms with E-state index in [2.05, 4.69) is 78.2 Å². The molecule has 4 N–H and O–H groups in total. The molecule has 8 nitrogen and oxygen atoms in total. The first-order valence-electron chi connectivity index (χ1n) is 19.2. The van der Waals surface area contributed by atoms with E-state index in [0.717, 1.165) is 11.1 Å². The van der Waals surface area contributed by atoms with Crippen molar-refractivity contribution in [3.8, 4) is 0 Å². The molecule has 2 amide bonds. The highest BCUT2D eigenvalue weighted by Crippen LogP contribution is 2.44. The van der Waals surface area contributed by atoms with Gasteiger partial charge in [-0.15, -0.1) is 0 Å². The lowest BCUT2D eigenvalue weighted by molar-refractivity contribution is 0.0695. The summed E-state index contributed by atoms with van der Waals surface area (Å²) < 4.78 is 0. The Morgan fingerprint density at radius 2 is 0.732 bits per heavy atom. The lowest BCUT2D eigenvalue weighted by Crippen LogP contribution is -2.18. The quantitative estimate of drug-likeness (QED) is 0.0813. The molecule has 56 heavy (non-hydrogen) atoms. The Hall–Kier alpha value is -6.28. The second-order valence-corrected chi connectivity index (χ2v) is 16.0. The summed E-state index contributed by atoms with van der Waals surface area (Å²) >= 11 is 0. The topological polar surface area (TPSA) is 133 Å². The van der Waals surface area contributed by atoms with Crippen molar-refractivity contribution >= 4 is 78.2 Å². The molecule has 0 radical (unpaired) electrons. The highest BCUT2D eigenvalue weighted by molar-refractivity contribution is 6.39. The smallest absolute Gasteiger partial charge is 0.336 e. The van der Waals surface area contributed by atoms with Crippen LogP contribution in [0.25, 0.3) is 43.1 Å². The van der Waals surface area contributed by atoms with Crippen molar-refractivity contribution in [2.75, 3.05) is 10.6 Å². The zero-order chi connectivity index (χ0) is 40.3. The summed E-state index contributed by atoms with van der Waals surface area (Å²) in [4.78, 5) is 54.2. The molecule has 0 unspecified atom stereocenters. The van der Waals surface area contributed by atoms with Gasteiger partial charge in [0.2, 0.25) is 0 Å². The molecule has 0 aromatic heterocycles. The van der Waals surface area contributed by atoms with Crippen LogP contribution >= 0.6 is 0 Å². The number of carbonyl (C=O) groups is 4. The summed E-state index contributed by atoms with van der Waals surface area (Å²) in [5, 5.41) is 30.9. The van der Waals surface area contributed by atoms with Gasteiger partial charge in [-0.25, -0.2) is 9.59 Å². The standard InChI is InChI=1S/C48H46N2O6/c1-23(2)27-9-19-39(37(21-27)25(5)6)49-45(51)33-15-11-29-31-13-17-35(47(53)54)44-36(48(55)56)18-14-32(42(31)44)30-12-16-34(43(33)41(29)30)46(52)50-40-20-10-28(24(3)4)22-38(40)26(7)8/h9-26H,1-8H3,(H,49,51)(H,50,52)(H,53,54)(H,55,56). The predicted octanol–water partition coefficient (Wildman–Crippen LogP) is 12.1. The van der Waals surface area contributed by atoms with E-state index < -0.39 is 11.9 Å². The van der Waals surface area contributed by atoms with Crippen molar-refractivity contribution in [2.45, 2.75) is 79.1 Å². The number of fused-ring (bicyclic) bond motifs is 2. The average Bonchev–Trinajstić information content (AvgIpc) is 3.15. The number of carboxylic acids is 2. The number of amides is 2. The van der Waals surface area contributed by atoms with Crippen LogP contribution in [0.4, 0.5) is 11.4 Å².